The van der Waals surface area contributed by atoms with E-state index in [0.717, 1.165) is 12.0 Å². The van der Waals surface area contributed by atoms with Crippen LogP contribution in [0.4, 0.5) is 11.0 Å². The Morgan fingerprint density at radius 1 is 1.23 bits per heavy atom. The summed E-state index contributed by atoms with van der Waals surface area (Å²) in [5.74, 6) is -0.855. The Labute approximate surface area is 128 Å². The minimum atomic E-state index is -0.517. The van der Waals surface area contributed by atoms with E-state index in [2.05, 4.69) is 20.0 Å². The van der Waals surface area contributed by atoms with Crippen molar-refractivity contribution >= 4 is 34.4 Å². The molecule has 8 nitrogen and oxygen atoms in total. The smallest absolute Gasteiger partial charge is 0.302 e. The van der Waals surface area contributed by atoms with Gasteiger partial charge >= 0.3 is 6.01 Å². The van der Waals surface area contributed by atoms with Gasteiger partial charge in [0.15, 0.2) is 11.5 Å². The van der Waals surface area contributed by atoms with Crippen LogP contribution in [0.3, 0.4) is 0 Å². The Balaban J connectivity index is 1.65. The molecule has 0 saturated heterocycles. The number of aryl methyl sites for hydroxylation is 1. The van der Waals surface area contributed by atoms with Crippen molar-refractivity contribution in [2.45, 2.75) is 6.92 Å². The molecule has 9 heteroatoms. The molecular weight excluding hydrogens is 308 g/mol. The van der Waals surface area contributed by atoms with Crippen molar-refractivity contribution in [2.24, 2.45) is 0 Å². The number of amides is 2. The Morgan fingerprint density at radius 2 is 2.09 bits per heavy atom. The predicted octanol–water partition coefficient (Wildman–Crippen LogP) is 2.54. The number of carbonyl (C=O) groups excluding carboxylic acids is 2. The molecule has 0 spiro atoms. The molecule has 0 aliphatic carbocycles. The highest BCUT2D eigenvalue weighted by Crippen LogP contribution is 2.17. The zero-order chi connectivity index (χ0) is 15.5. The molecular formula is C13H10N4O4S. The van der Waals surface area contributed by atoms with Crippen molar-refractivity contribution in [1.29, 1.82) is 0 Å². The minimum Gasteiger partial charge on any atom is -0.459 e. The van der Waals surface area contributed by atoms with Gasteiger partial charge in [-0.1, -0.05) is 0 Å². The van der Waals surface area contributed by atoms with Crippen LogP contribution in [0.1, 0.15) is 26.7 Å². The average Bonchev–Trinajstić information content (AvgIpc) is 3.20. The monoisotopic (exact) mass is 318 g/mol. The third-order valence-corrected chi connectivity index (χ3v) is 3.36. The lowest BCUT2D eigenvalue weighted by molar-refractivity contribution is 0.0990. The van der Waals surface area contributed by atoms with Crippen LogP contribution in [-0.4, -0.2) is 21.2 Å². The maximum atomic E-state index is 12.0. The Bertz CT molecular complexity index is 806. The van der Waals surface area contributed by atoms with E-state index in [1.807, 2.05) is 6.92 Å². The second kappa shape index (κ2) is 5.82. The van der Waals surface area contributed by atoms with E-state index in [9.17, 15) is 9.59 Å². The molecule has 3 aromatic rings. The average molecular weight is 318 g/mol. The van der Waals surface area contributed by atoms with Crippen molar-refractivity contribution in [3.05, 3.63) is 47.9 Å². The molecule has 2 N–H and O–H groups in total. The first-order chi connectivity index (χ1) is 10.6. The second-order valence-corrected chi connectivity index (χ2v) is 5.06. The molecule has 0 aliphatic heterocycles. The first kappa shape index (κ1) is 14.0. The molecule has 0 radical (unpaired) electrons. The fourth-order valence-electron chi connectivity index (χ4n) is 1.60. The van der Waals surface area contributed by atoms with Crippen LogP contribution in [0.15, 0.2) is 39.6 Å². The van der Waals surface area contributed by atoms with Crippen LogP contribution in [0, 0.1) is 6.92 Å². The van der Waals surface area contributed by atoms with Crippen molar-refractivity contribution in [3.63, 3.8) is 0 Å². The van der Waals surface area contributed by atoms with Gasteiger partial charge in [-0.25, -0.2) is 0 Å². The van der Waals surface area contributed by atoms with E-state index < -0.39 is 11.8 Å². The largest absolute Gasteiger partial charge is 0.459 e. The van der Waals surface area contributed by atoms with Crippen LogP contribution in [0.2, 0.25) is 0 Å². The van der Waals surface area contributed by atoms with Gasteiger partial charge < -0.3 is 14.2 Å². The van der Waals surface area contributed by atoms with Gasteiger partial charge in [0.1, 0.15) is 11.3 Å². The molecule has 22 heavy (non-hydrogen) atoms. The first-order valence-corrected chi connectivity index (χ1v) is 6.94. The summed E-state index contributed by atoms with van der Waals surface area (Å²) in [5, 5.41) is 5.63. The summed E-state index contributed by atoms with van der Waals surface area (Å²) in [6.07, 6.45) is 2.53. The number of rotatable bonds is 4. The van der Waals surface area contributed by atoms with Crippen LogP contribution < -0.4 is 10.6 Å². The standard InChI is InChI=1S/C13H10N4O4S/c1-7-5-10(22-17-7)15-11(18)8-6-21-13(14-8)16-12(19)9-3-2-4-20-9/h2-6H,1H3,(H,15,18)(H,14,16,19). The second-order valence-electron chi connectivity index (χ2n) is 4.26. The summed E-state index contributed by atoms with van der Waals surface area (Å²) in [6, 6.07) is 4.73. The lowest BCUT2D eigenvalue weighted by Gasteiger charge is -1.97. The topological polar surface area (TPSA) is 110 Å². The number of nitrogens with one attached hydrogen (secondary N) is 2. The van der Waals surface area contributed by atoms with Gasteiger partial charge in [0.25, 0.3) is 11.8 Å². The first-order valence-electron chi connectivity index (χ1n) is 6.17. The van der Waals surface area contributed by atoms with Gasteiger partial charge in [-0.05, 0) is 36.7 Å². The summed E-state index contributed by atoms with van der Waals surface area (Å²) in [4.78, 5) is 27.6. The summed E-state index contributed by atoms with van der Waals surface area (Å²) in [5.41, 5.74) is 0.854. The van der Waals surface area contributed by atoms with E-state index in [4.69, 9.17) is 8.83 Å². The molecule has 3 rings (SSSR count). The molecule has 0 unspecified atom stereocenters. The molecule has 0 aliphatic rings. The van der Waals surface area contributed by atoms with Crippen LogP contribution in [-0.2, 0) is 0 Å². The summed E-state index contributed by atoms with van der Waals surface area (Å²) < 4.78 is 14.0. The van der Waals surface area contributed by atoms with Gasteiger partial charge in [-0.2, -0.15) is 9.36 Å². The van der Waals surface area contributed by atoms with Crippen LogP contribution in [0.5, 0.6) is 0 Å². The van der Waals surface area contributed by atoms with Crippen LogP contribution in [0.25, 0.3) is 0 Å². The Morgan fingerprint density at radius 3 is 2.77 bits per heavy atom. The van der Waals surface area contributed by atoms with Crippen molar-refractivity contribution in [1.82, 2.24) is 9.36 Å². The van der Waals surface area contributed by atoms with Crippen molar-refractivity contribution in [3.8, 4) is 0 Å². The number of oxazole rings is 1. The zero-order valence-electron chi connectivity index (χ0n) is 11.3. The Hall–Kier alpha value is -2.94. The molecule has 0 bridgehead atoms. The lowest BCUT2D eigenvalue weighted by Crippen LogP contribution is -2.13. The number of nitrogens with zero attached hydrogens (tertiary/aromatic N) is 2. The molecule has 3 heterocycles. The summed E-state index contributed by atoms with van der Waals surface area (Å²) >= 11 is 1.17. The fraction of sp³-hybridized carbons (Fsp3) is 0.0769. The number of aromatic nitrogens is 2. The molecule has 0 fully saturated rings. The van der Waals surface area contributed by atoms with Crippen molar-refractivity contribution in [2.75, 3.05) is 10.6 Å². The number of hydrogen-bond acceptors (Lipinski definition) is 7. The van der Waals surface area contributed by atoms with E-state index in [1.165, 1.54) is 23.9 Å². The van der Waals surface area contributed by atoms with Gasteiger partial charge in [-0.15, -0.1) is 0 Å². The van der Waals surface area contributed by atoms with Crippen LogP contribution >= 0.6 is 11.5 Å². The normalized spacial score (nSPS) is 10.4. The third-order valence-electron chi connectivity index (χ3n) is 2.57. The molecule has 0 saturated carbocycles. The van der Waals surface area contributed by atoms with E-state index >= 15 is 0 Å². The van der Waals surface area contributed by atoms with E-state index in [0.29, 0.717) is 5.00 Å². The SMILES string of the molecule is Cc1cc(NC(=O)c2coc(NC(=O)c3ccco3)n2)sn1. The molecule has 112 valence electrons. The highest BCUT2D eigenvalue weighted by Gasteiger charge is 2.16. The maximum absolute atomic E-state index is 12.0. The van der Waals surface area contributed by atoms with Crippen molar-refractivity contribution < 1.29 is 18.4 Å². The summed E-state index contributed by atoms with van der Waals surface area (Å²) in [6.45, 7) is 1.82. The molecule has 2 amide bonds. The number of furan rings is 1. The maximum Gasteiger partial charge on any atom is 0.302 e. The quantitative estimate of drug-likeness (QED) is 0.765. The van der Waals surface area contributed by atoms with Gasteiger partial charge in [0, 0.05) is 0 Å². The molecule has 3 aromatic heterocycles. The molecule has 0 atom stereocenters. The van der Waals surface area contributed by atoms with Gasteiger partial charge in [-0.3, -0.25) is 14.9 Å². The van der Waals surface area contributed by atoms with E-state index in [1.54, 1.807) is 12.1 Å². The number of anilines is 2. The van der Waals surface area contributed by atoms with Gasteiger partial charge in [0.05, 0.1) is 12.0 Å². The zero-order valence-corrected chi connectivity index (χ0v) is 12.1. The number of hydrogen-bond donors (Lipinski definition) is 2. The predicted molar refractivity (Wildman–Crippen MR) is 78.0 cm³/mol. The third kappa shape index (κ3) is 3.04. The van der Waals surface area contributed by atoms with E-state index in [-0.39, 0.29) is 17.5 Å². The number of carbonyl (C=O) groups is 2. The van der Waals surface area contributed by atoms with Gasteiger partial charge in [0.2, 0.25) is 0 Å². The highest BCUT2D eigenvalue weighted by molar-refractivity contribution is 7.10. The lowest BCUT2D eigenvalue weighted by atomic mass is 10.4. The Kier molecular flexibility index (Phi) is 3.71. The molecule has 0 aromatic carbocycles. The minimum absolute atomic E-state index is 0.0424. The fourth-order valence-corrected chi connectivity index (χ4v) is 2.26. The summed E-state index contributed by atoms with van der Waals surface area (Å²) in [7, 11) is 0. The highest BCUT2D eigenvalue weighted by atomic mass is 32.1.